The van der Waals surface area contributed by atoms with Crippen molar-refractivity contribution in [3.8, 4) is 0 Å². The van der Waals surface area contributed by atoms with Crippen LogP contribution in [-0.2, 0) is 9.53 Å². The van der Waals surface area contributed by atoms with Gasteiger partial charge in [-0.05, 0) is 6.92 Å². The molecule has 0 aliphatic heterocycles. The van der Waals surface area contributed by atoms with Gasteiger partial charge in [-0.3, -0.25) is 4.79 Å². The molecule has 0 heterocycles. The molecule has 0 aromatic carbocycles. The summed E-state index contributed by atoms with van der Waals surface area (Å²) in [6, 6.07) is 0. The van der Waals surface area contributed by atoms with Crippen LogP contribution in [0.4, 0.5) is 0 Å². The number of nitrogens with zero attached hydrogens (tertiary/aromatic N) is 1. The Morgan fingerprint density at radius 1 is 1.46 bits per heavy atom. The average Bonchev–Trinajstić information content (AvgIpc) is 2.10. The molecule has 0 unspecified atom stereocenters. The quantitative estimate of drug-likeness (QED) is 0.576. The molecule has 1 N–H and O–H groups in total. The second kappa shape index (κ2) is 8.01. The van der Waals surface area contributed by atoms with E-state index in [2.05, 4.69) is 5.32 Å². The molecule has 0 aromatic rings. The van der Waals surface area contributed by atoms with Crippen LogP contribution in [0.5, 0.6) is 0 Å². The zero-order valence-corrected chi connectivity index (χ0v) is 8.80. The summed E-state index contributed by atoms with van der Waals surface area (Å²) in [5.41, 5.74) is 0. The third kappa shape index (κ3) is 6.54. The molecule has 0 spiro atoms. The molecule has 0 aliphatic carbocycles. The lowest BCUT2D eigenvalue weighted by molar-refractivity contribution is -0.128. The summed E-state index contributed by atoms with van der Waals surface area (Å²) < 4.78 is 4.88. The SMILES string of the molecule is CCN(CCNCCOC)C(C)=O. The Balaban J connectivity index is 3.33. The van der Waals surface area contributed by atoms with Crippen molar-refractivity contribution in [1.29, 1.82) is 0 Å². The van der Waals surface area contributed by atoms with Crippen molar-refractivity contribution >= 4 is 5.91 Å². The number of carbonyl (C=O) groups is 1. The standard InChI is InChI=1S/C9H20N2O2/c1-4-11(9(2)12)7-5-10-6-8-13-3/h10H,4-8H2,1-3H3. The number of hydrogen-bond acceptors (Lipinski definition) is 3. The second-order valence-electron chi connectivity index (χ2n) is 2.84. The van der Waals surface area contributed by atoms with Gasteiger partial charge in [0, 0.05) is 40.2 Å². The maximum Gasteiger partial charge on any atom is 0.219 e. The molecule has 0 rings (SSSR count). The largest absolute Gasteiger partial charge is 0.383 e. The van der Waals surface area contributed by atoms with Gasteiger partial charge in [0.1, 0.15) is 0 Å². The van der Waals surface area contributed by atoms with Gasteiger partial charge >= 0.3 is 0 Å². The molecule has 4 nitrogen and oxygen atoms in total. The van der Waals surface area contributed by atoms with Crippen molar-refractivity contribution in [2.45, 2.75) is 13.8 Å². The molecule has 0 atom stereocenters. The Morgan fingerprint density at radius 2 is 2.15 bits per heavy atom. The first-order chi connectivity index (χ1) is 6.22. The van der Waals surface area contributed by atoms with Gasteiger partial charge in [0.05, 0.1) is 6.61 Å². The van der Waals surface area contributed by atoms with Gasteiger partial charge in [-0.15, -0.1) is 0 Å². The lowest BCUT2D eigenvalue weighted by Gasteiger charge is -2.18. The van der Waals surface area contributed by atoms with E-state index in [1.54, 1.807) is 18.9 Å². The predicted molar refractivity (Wildman–Crippen MR) is 52.7 cm³/mol. The molecule has 0 fully saturated rings. The van der Waals surface area contributed by atoms with Crippen molar-refractivity contribution < 1.29 is 9.53 Å². The van der Waals surface area contributed by atoms with E-state index in [4.69, 9.17) is 4.74 Å². The number of ether oxygens (including phenoxy) is 1. The first-order valence-electron chi connectivity index (χ1n) is 4.67. The van der Waals surface area contributed by atoms with Crippen LogP contribution < -0.4 is 5.32 Å². The zero-order valence-electron chi connectivity index (χ0n) is 8.80. The number of methoxy groups -OCH3 is 1. The minimum Gasteiger partial charge on any atom is -0.383 e. The van der Waals surface area contributed by atoms with Crippen LogP contribution >= 0.6 is 0 Å². The van der Waals surface area contributed by atoms with E-state index < -0.39 is 0 Å². The first kappa shape index (κ1) is 12.4. The Labute approximate surface area is 80.2 Å². The van der Waals surface area contributed by atoms with Gasteiger partial charge in [-0.2, -0.15) is 0 Å². The first-order valence-corrected chi connectivity index (χ1v) is 4.67. The normalized spacial score (nSPS) is 10.1. The fourth-order valence-electron chi connectivity index (χ4n) is 1.05. The molecule has 0 radical (unpaired) electrons. The fourth-order valence-corrected chi connectivity index (χ4v) is 1.05. The number of nitrogens with one attached hydrogen (secondary N) is 1. The lowest BCUT2D eigenvalue weighted by atomic mass is 10.4. The number of likely N-dealkylation sites (N-methyl/N-ethyl adjacent to an activating group) is 1. The van der Waals surface area contributed by atoms with Crippen LogP contribution in [0.2, 0.25) is 0 Å². The van der Waals surface area contributed by atoms with Gasteiger partial charge in [-0.25, -0.2) is 0 Å². The third-order valence-corrected chi connectivity index (χ3v) is 1.87. The van der Waals surface area contributed by atoms with E-state index in [0.717, 1.165) is 26.2 Å². The minimum atomic E-state index is 0.135. The Kier molecular flexibility index (Phi) is 7.63. The van der Waals surface area contributed by atoms with Crippen LogP contribution in [-0.4, -0.2) is 50.7 Å². The minimum absolute atomic E-state index is 0.135. The van der Waals surface area contributed by atoms with E-state index >= 15 is 0 Å². The Hall–Kier alpha value is -0.610. The van der Waals surface area contributed by atoms with E-state index in [1.165, 1.54) is 0 Å². The van der Waals surface area contributed by atoms with E-state index in [-0.39, 0.29) is 5.91 Å². The predicted octanol–water partition coefficient (Wildman–Crippen LogP) is 0.0908. The number of hydrogen-bond donors (Lipinski definition) is 1. The van der Waals surface area contributed by atoms with Crippen molar-refractivity contribution in [1.82, 2.24) is 10.2 Å². The van der Waals surface area contributed by atoms with E-state index in [0.29, 0.717) is 6.61 Å². The molecule has 0 saturated carbocycles. The van der Waals surface area contributed by atoms with Gasteiger partial charge in [0.25, 0.3) is 0 Å². The summed E-state index contributed by atoms with van der Waals surface area (Å²) >= 11 is 0. The van der Waals surface area contributed by atoms with E-state index in [9.17, 15) is 4.79 Å². The molecule has 0 bridgehead atoms. The Bertz CT molecular complexity index is 140. The van der Waals surface area contributed by atoms with Gasteiger partial charge in [0.15, 0.2) is 0 Å². The summed E-state index contributed by atoms with van der Waals surface area (Å²) in [7, 11) is 1.68. The molecule has 78 valence electrons. The van der Waals surface area contributed by atoms with Crippen LogP contribution in [0.3, 0.4) is 0 Å². The highest BCUT2D eigenvalue weighted by atomic mass is 16.5. The highest BCUT2D eigenvalue weighted by Crippen LogP contribution is 1.86. The van der Waals surface area contributed by atoms with Crippen molar-refractivity contribution in [2.24, 2.45) is 0 Å². The smallest absolute Gasteiger partial charge is 0.219 e. The van der Waals surface area contributed by atoms with Gasteiger partial charge in [0.2, 0.25) is 5.91 Å². The zero-order chi connectivity index (χ0) is 10.1. The third-order valence-electron chi connectivity index (χ3n) is 1.87. The molecular weight excluding hydrogens is 168 g/mol. The summed E-state index contributed by atoms with van der Waals surface area (Å²) in [6.45, 7) is 7.51. The summed E-state index contributed by atoms with van der Waals surface area (Å²) in [5, 5.41) is 3.19. The number of rotatable bonds is 7. The van der Waals surface area contributed by atoms with Crippen molar-refractivity contribution in [3.63, 3.8) is 0 Å². The molecule has 0 aliphatic rings. The topological polar surface area (TPSA) is 41.6 Å². The Morgan fingerprint density at radius 3 is 2.62 bits per heavy atom. The average molecular weight is 188 g/mol. The highest BCUT2D eigenvalue weighted by Gasteiger charge is 2.03. The molecule has 1 amide bonds. The lowest BCUT2D eigenvalue weighted by Crippen LogP contribution is -2.36. The molecule has 0 saturated heterocycles. The monoisotopic (exact) mass is 188 g/mol. The summed E-state index contributed by atoms with van der Waals surface area (Å²) in [5.74, 6) is 0.135. The molecular formula is C9H20N2O2. The molecule has 4 heteroatoms. The summed E-state index contributed by atoms with van der Waals surface area (Å²) in [4.78, 5) is 12.8. The van der Waals surface area contributed by atoms with Crippen LogP contribution in [0, 0.1) is 0 Å². The van der Waals surface area contributed by atoms with E-state index in [1.807, 2.05) is 6.92 Å². The molecule has 0 aromatic heterocycles. The fraction of sp³-hybridized carbons (Fsp3) is 0.889. The maximum absolute atomic E-state index is 11.0. The maximum atomic E-state index is 11.0. The number of amides is 1. The van der Waals surface area contributed by atoms with Gasteiger partial charge in [-0.1, -0.05) is 0 Å². The second-order valence-corrected chi connectivity index (χ2v) is 2.84. The van der Waals surface area contributed by atoms with Crippen molar-refractivity contribution in [2.75, 3.05) is 39.9 Å². The summed E-state index contributed by atoms with van der Waals surface area (Å²) in [6.07, 6.45) is 0. The number of carbonyl (C=O) groups excluding carboxylic acids is 1. The molecule has 13 heavy (non-hydrogen) atoms. The van der Waals surface area contributed by atoms with Crippen LogP contribution in [0.1, 0.15) is 13.8 Å². The van der Waals surface area contributed by atoms with Crippen LogP contribution in [0.25, 0.3) is 0 Å². The van der Waals surface area contributed by atoms with Gasteiger partial charge < -0.3 is 15.0 Å². The highest BCUT2D eigenvalue weighted by molar-refractivity contribution is 5.73. The van der Waals surface area contributed by atoms with Crippen LogP contribution in [0.15, 0.2) is 0 Å². The van der Waals surface area contributed by atoms with Crippen molar-refractivity contribution in [3.05, 3.63) is 0 Å².